The van der Waals surface area contributed by atoms with E-state index in [9.17, 15) is 9.59 Å². The van der Waals surface area contributed by atoms with Crippen LogP contribution < -0.4 is 16.2 Å². The highest BCUT2D eigenvalue weighted by molar-refractivity contribution is 5.83. The van der Waals surface area contributed by atoms with Gasteiger partial charge in [0.25, 0.3) is 0 Å². The molecule has 0 spiro atoms. The van der Waals surface area contributed by atoms with Crippen molar-refractivity contribution in [3.05, 3.63) is 71.3 Å². The van der Waals surface area contributed by atoms with E-state index in [2.05, 4.69) is 34.9 Å². The Morgan fingerprint density at radius 1 is 0.887 bits per heavy atom. The van der Waals surface area contributed by atoms with Crippen molar-refractivity contribution in [1.29, 1.82) is 0 Å². The second-order valence-corrected chi connectivity index (χ2v) is 16.8. The molecule has 12 heteroatoms. The molecular weight excluding hydrogens is 672 g/mol. The highest BCUT2D eigenvalue weighted by atomic mass is 19.1. The van der Waals surface area contributed by atoms with Gasteiger partial charge in [0, 0.05) is 40.3 Å². The number of halogens is 1. The number of imidazole rings is 2. The molecule has 1 saturated carbocycles. The van der Waals surface area contributed by atoms with Crippen molar-refractivity contribution in [2.24, 2.45) is 29.2 Å². The van der Waals surface area contributed by atoms with Crippen LogP contribution in [0.2, 0.25) is 0 Å². The average Bonchev–Trinajstić information content (AvgIpc) is 3.98. The fourth-order valence-corrected chi connectivity index (χ4v) is 9.05. The first-order chi connectivity index (χ1) is 25.2. The molecule has 6 unspecified atom stereocenters. The van der Waals surface area contributed by atoms with Crippen LogP contribution >= 0.6 is 0 Å². The van der Waals surface area contributed by atoms with Crippen LogP contribution in [0.3, 0.4) is 0 Å². The molecule has 2 amide bonds. The van der Waals surface area contributed by atoms with Gasteiger partial charge in [-0.25, -0.2) is 14.4 Å². The molecule has 2 aromatic heterocycles. The molecule has 2 aromatic carbocycles. The summed E-state index contributed by atoms with van der Waals surface area (Å²) in [6.07, 6.45) is 8.14. The van der Waals surface area contributed by atoms with E-state index in [0.29, 0.717) is 41.0 Å². The minimum Gasteiger partial charge on any atom is -0.457 e. The SMILES string of the molecule is CC(C)C(N)C(=O)N1CCCC1c1ncc(-c2cc3c(cc2F)C(C)(C)c2cc(-c4cnc(C5C6CCC(C6)N5C(=O)C(N)C(C)C)[nH]4)ccc2O3)[nH]1. The van der Waals surface area contributed by atoms with Gasteiger partial charge in [0.2, 0.25) is 11.8 Å². The third-order valence-electron chi connectivity index (χ3n) is 12.4. The summed E-state index contributed by atoms with van der Waals surface area (Å²) >= 11 is 0. The van der Waals surface area contributed by atoms with Crippen molar-refractivity contribution >= 4 is 11.8 Å². The third kappa shape index (κ3) is 5.85. The van der Waals surface area contributed by atoms with Crippen molar-refractivity contribution in [3.63, 3.8) is 0 Å². The molecule has 8 rings (SSSR count). The molecule has 3 fully saturated rings. The second kappa shape index (κ2) is 13.1. The maximum atomic E-state index is 16.1. The number of aromatic nitrogens is 4. The molecular formula is C41H51FN8O3. The van der Waals surface area contributed by atoms with Gasteiger partial charge in [0.15, 0.2) is 0 Å². The lowest BCUT2D eigenvalue weighted by Crippen LogP contribution is -2.50. The third-order valence-corrected chi connectivity index (χ3v) is 12.4. The topological polar surface area (TPSA) is 159 Å². The Labute approximate surface area is 310 Å². The Kier molecular flexibility index (Phi) is 8.76. The summed E-state index contributed by atoms with van der Waals surface area (Å²) in [7, 11) is 0. The van der Waals surface area contributed by atoms with Gasteiger partial charge in [0.1, 0.15) is 29.0 Å². The molecule has 11 nitrogen and oxygen atoms in total. The standard InChI is InChI=1S/C41H51FN8O3/c1-20(2)34(43)39(51)49-13-7-8-31(49)37-45-19-30(48-37)25-16-33-27(17-28(25)42)41(5,6)26-15-22(10-12-32(26)53-33)29-18-46-38(47-29)36-23-9-11-24(14-23)50(36)40(52)35(44)21(3)4/h10,12,15-21,23-24,31,34-36H,7-9,11,13-14,43-44H2,1-6H3,(H,45,48)(H,46,47). The van der Waals surface area contributed by atoms with Gasteiger partial charge >= 0.3 is 0 Å². The lowest BCUT2D eigenvalue weighted by atomic mass is 9.75. The van der Waals surface area contributed by atoms with Crippen LogP contribution in [0, 0.1) is 23.6 Å². The monoisotopic (exact) mass is 722 g/mol. The average molecular weight is 723 g/mol. The lowest BCUT2D eigenvalue weighted by Gasteiger charge is -2.36. The number of carbonyl (C=O) groups excluding carboxylic acids is 2. The van der Waals surface area contributed by atoms with Gasteiger partial charge in [-0.15, -0.1) is 0 Å². The van der Waals surface area contributed by atoms with E-state index >= 15 is 4.39 Å². The Morgan fingerprint density at radius 2 is 1.57 bits per heavy atom. The number of nitrogens with zero attached hydrogens (tertiary/aromatic N) is 4. The zero-order valence-corrected chi connectivity index (χ0v) is 31.4. The molecule has 5 heterocycles. The summed E-state index contributed by atoms with van der Waals surface area (Å²) in [5, 5.41) is 0. The quantitative estimate of drug-likeness (QED) is 0.157. The van der Waals surface area contributed by atoms with E-state index in [1.54, 1.807) is 23.2 Å². The van der Waals surface area contributed by atoms with Gasteiger partial charge in [-0.1, -0.05) is 41.5 Å². The van der Waals surface area contributed by atoms with Crippen molar-refractivity contribution in [3.8, 4) is 34.0 Å². The zero-order chi connectivity index (χ0) is 37.5. The maximum absolute atomic E-state index is 16.1. The number of ether oxygens (including phenoxy) is 1. The van der Waals surface area contributed by atoms with Crippen LogP contribution in [0.4, 0.5) is 4.39 Å². The first-order valence-electron chi connectivity index (χ1n) is 19.1. The highest BCUT2D eigenvalue weighted by Crippen LogP contribution is 2.52. The van der Waals surface area contributed by atoms with E-state index in [0.717, 1.165) is 60.3 Å². The number of aromatic amines is 2. The minimum absolute atomic E-state index is 0.00380. The Balaban J connectivity index is 1.05. The maximum Gasteiger partial charge on any atom is 0.240 e. The van der Waals surface area contributed by atoms with Crippen molar-refractivity contribution < 1.29 is 18.7 Å². The van der Waals surface area contributed by atoms with Crippen molar-refractivity contribution in [1.82, 2.24) is 29.7 Å². The second-order valence-electron chi connectivity index (χ2n) is 16.8. The largest absolute Gasteiger partial charge is 0.457 e. The molecule has 6 N–H and O–H groups in total. The number of nitrogens with one attached hydrogen (secondary N) is 2. The summed E-state index contributed by atoms with van der Waals surface area (Å²) in [6, 6.07) is 8.07. The summed E-state index contributed by atoms with van der Waals surface area (Å²) in [6.45, 7) is 12.6. The summed E-state index contributed by atoms with van der Waals surface area (Å²) in [5.74, 6) is 2.65. The molecule has 53 heavy (non-hydrogen) atoms. The fraction of sp³-hybridized carbons (Fsp3) is 0.512. The van der Waals surface area contributed by atoms with E-state index in [4.69, 9.17) is 21.2 Å². The molecule has 2 saturated heterocycles. The molecule has 0 radical (unpaired) electrons. The number of fused-ring (bicyclic) bond motifs is 4. The molecule has 1 aliphatic carbocycles. The Hall–Kier alpha value is -4.55. The molecule has 4 aliphatic rings. The van der Waals surface area contributed by atoms with Crippen LogP contribution in [0.5, 0.6) is 11.5 Å². The number of hydrogen-bond donors (Lipinski definition) is 4. The predicted octanol–water partition coefficient (Wildman–Crippen LogP) is 6.72. The number of likely N-dealkylation sites (tertiary alicyclic amines) is 2. The van der Waals surface area contributed by atoms with Crippen LogP contribution in [-0.2, 0) is 15.0 Å². The van der Waals surface area contributed by atoms with Crippen LogP contribution in [0.1, 0.15) is 109 Å². The fourth-order valence-electron chi connectivity index (χ4n) is 9.05. The van der Waals surface area contributed by atoms with E-state index in [-0.39, 0.29) is 41.8 Å². The van der Waals surface area contributed by atoms with E-state index in [1.165, 1.54) is 0 Å². The lowest BCUT2D eigenvalue weighted by molar-refractivity contribution is -0.138. The number of carbonyl (C=O) groups is 2. The molecule has 4 aromatic rings. The van der Waals surface area contributed by atoms with Gasteiger partial charge < -0.3 is 36.0 Å². The molecule has 3 aliphatic heterocycles. The number of piperidine rings is 1. The summed E-state index contributed by atoms with van der Waals surface area (Å²) in [4.78, 5) is 46.7. The van der Waals surface area contributed by atoms with Crippen LogP contribution in [0.25, 0.3) is 22.5 Å². The van der Waals surface area contributed by atoms with Crippen molar-refractivity contribution in [2.75, 3.05) is 6.54 Å². The first-order valence-corrected chi connectivity index (χ1v) is 19.1. The number of nitrogens with two attached hydrogens (primary N) is 2. The van der Waals surface area contributed by atoms with Crippen LogP contribution in [-0.4, -0.2) is 66.2 Å². The van der Waals surface area contributed by atoms with Crippen molar-refractivity contribution in [2.45, 2.75) is 109 Å². The number of H-pyrrole nitrogens is 2. The Morgan fingerprint density at radius 3 is 2.32 bits per heavy atom. The summed E-state index contributed by atoms with van der Waals surface area (Å²) in [5.41, 5.74) is 16.3. The van der Waals surface area contributed by atoms with Gasteiger partial charge in [-0.2, -0.15) is 0 Å². The Bertz CT molecular complexity index is 2070. The number of hydrogen-bond acceptors (Lipinski definition) is 7. The molecule has 6 atom stereocenters. The van der Waals surface area contributed by atoms with E-state index < -0.39 is 23.3 Å². The van der Waals surface area contributed by atoms with Gasteiger partial charge in [-0.05, 0) is 80.2 Å². The number of benzene rings is 2. The number of rotatable bonds is 8. The van der Waals surface area contributed by atoms with Crippen LogP contribution in [0.15, 0.2) is 42.7 Å². The number of amides is 2. The minimum atomic E-state index is -0.582. The molecule has 2 bridgehead atoms. The van der Waals surface area contributed by atoms with Gasteiger partial charge in [0.05, 0.1) is 47.9 Å². The zero-order valence-electron chi connectivity index (χ0n) is 31.4. The molecule has 280 valence electrons. The smallest absolute Gasteiger partial charge is 0.240 e. The van der Waals surface area contributed by atoms with Gasteiger partial charge in [-0.3, -0.25) is 9.59 Å². The first kappa shape index (κ1) is 35.5. The highest BCUT2D eigenvalue weighted by Gasteiger charge is 2.51. The normalized spacial score (nSPS) is 24.1. The summed E-state index contributed by atoms with van der Waals surface area (Å²) < 4.78 is 22.6. The predicted molar refractivity (Wildman–Crippen MR) is 200 cm³/mol. The van der Waals surface area contributed by atoms with E-state index in [1.807, 2.05) is 50.9 Å².